The van der Waals surface area contributed by atoms with E-state index in [1.54, 1.807) is 6.20 Å². The Morgan fingerprint density at radius 3 is 2.68 bits per heavy atom. The number of aromatic nitrogens is 3. The minimum Gasteiger partial charge on any atom is -0.354 e. The largest absolute Gasteiger partial charge is 0.354 e. The molecule has 1 saturated heterocycles. The van der Waals surface area contributed by atoms with Crippen molar-refractivity contribution in [1.82, 2.24) is 19.9 Å². The Morgan fingerprint density at radius 2 is 2.04 bits per heavy atom. The molecule has 134 valence electrons. The average Bonchev–Trinajstić information content (AvgIpc) is 3.07. The number of aryl methyl sites for hydroxylation is 1. The van der Waals surface area contributed by atoms with Crippen LogP contribution in [0.1, 0.15) is 31.3 Å². The quantitative estimate of drug-likeness (QED) is 0.880. The fourth-order valence-corrected chi connectivity index (χ4v) is 3.32. The number of thiazole rings is 1. The highest BCUT2D eigenvalue weighted by Crippen LogP contribution is 2.18. The lowest BCUT2D eigenvalue weighted by Gasteiger charge is -2.35. The number of anilines is 2. The number of amides is 1. The van der Waals surface area contributed by atoms with E-state index in [1.807, 2.05) is 18.4 Å². The van der Waals surface area contributed by atoms with Gasteiger partial charge in [-0.05, 0) is 6.92 Å². The van der Waals surface area contributed by atoms with Gasteiger partial charge in [0.25, 0.3) is 0 Å². The third-order valence-electron chi connectivity index (χ3n) is 4.12. The fourth-order valence-electron chi connectivity index (χ4n) is 2.78. The van der Waals surface area contributed by atoms with E-state index >= 15 is 0 Å². The summed E-state index contributed by atoms with van der Waals surface area (Å²) in [7, 11) is 0. The molecular formula is C17H24N6OS. The Bertz CT molecular complexity index is 710. The lowest BCUT2D eigenvalue weighted by molar-refractivity contribution is -0.117. The molecule has 8 heteroatoms. The Balaban J connectivity index is 1.54. The van der Waals surface area contributed by atoms with Crippen molar-refractivity contribution in [3.63, 3.8) is 0 Å². The zero-order chi connectivity index (χ0) is 17.8. The van der Waals surface area contributed by atoms with E-state index in [0.717, 1.165) is 43.5 Å². The smallest absolute Gasteiger partial charge is 0.240 e. The summed E-state index contributed by atoms with van der Waals surface area (Å²) in [5, 5.41) is 5.34. The molecule has 1 amide bonds. The lowest BCUT2D eigenvalue weighted by Crippen LogP contribution is -2.49. The number of piperazine rings is 1. The van der Waals surface area contributed by atoms with Crippen molar-refractivity contribution < 1.29 is 4.79 Å². The summed E-state index contributed by atoms with van der Waals surface area (Å²) < 4.78 is 0. The van der Waals surface area contributed by atoms with Crippen LogP contribution in [0.3, 0.4) is 0 Å². The van der Waals surface area contributed by atoms with Gasteiger partial charge in [0.1, 0.15) is 11.6 Å². The first-order valence-corrected chi connectivity index (χ1v) is 9.41. The highest BCUT2D eigenvalue weighted by Gasteiger charge is 2.21. The van der Waals surface area contributed by atoms with E-state index in [4.69, 9.17) is 4.98 Å². The van der Waals surface area contributed by atoms with Gasteiger partial charge < -0.3 is 10.2 Å². The van der Waals surface area contributed by atoms with Crippen LogP contribution in [0.4, 0.5) is 10.9 Å². The summed E-state index contributed by atoms with van der Waals surface area (Å²) in [6.07, 6.45) is 1.69. The number of nitrogens with zero attached hydrogens (tertiary/aromatic N) is 5. The molecule has 2 aromatic rings. The SMILES string of the molecule is Cc1cc(N2CCN(CC(=O)Nc3nccs3)CC2)nc(C(C)C)n1. The molecule has 3 rings (SSSR count). The molecule has 2 aromatic heterocycles. The standard InChI is InChI=1S/C17H24N6OS/c1-12(2)16-19-13(3)10-14(20-16)23-7-5-22(6-8-23)11-15(24)21-17-18-4-9-25-17/h4,9-10,12H,5-8,11H2,1-3H3,(H,18,21,24). The van der Waals surface area contributed by atoms with Crippen molar-refractivity contribution in [2.45, 2.75) is 26.7 Å². The summed E-state index contributed by atoms with van der Waals surface area (Å²) in [5.41, 5.74) is 0.999. The van der Waals surface area contributed by atoms with E-state index in [1.165, 1.54) is 11.3 Å². The van der Waals surface area contributed by atoms with E-state index in [9.17, 15) is 4.79 Å². The maximum Gasteiger partial charge on any atom is 0.240 e. The minimum absolute atomic E-state index is 0.0108. The Kier molecular flexibility index (Phi) is 5.60. The van der Waals surface area contributed by atoms with Gasteiger partial charge in [-0.25, -0.2) is 15.0 Å². The Hall–Kier alpha value is -2.06. The number of hydrogen-bond donors (Lipinski definition) is 1. The summed E-state index contributed by atoms with van der Waals surface area (Å²) >= 11 is 1.43. The molecular weight excluding hydrogens is 336 g/mol. The van der Waals surface area contributed by atoms with Crippen molar-refractivity contribution in [3.05, 3.63) is 29.2 Å². The summed E-state index contributed by atoms with van der Waals surface area (Å²) in [6, 6.07) is 2.04. The predicted octanol–water partition coefficient (Wildman–Crippen LogP) is 2.13. The third-order valence-corrected chi connectivity index (χ3v) is 4.81. The van der Waals surface area contributed by atoms with Gasteiger partial charge >= 0.3 is 0 Å². The first-order chi connectivity index (χ1) is 12.0. The van der Waals surface area contributed by atoms with Crippen LogP contribution in [0.15, 0.2) is 17.6 Å². The normalized spacial score (nSPS) is 15.6. The minimum atomic E-state index is -0.0108. The van der Waals surface area contributed by atoms with Gasteiger partial charge in [0.15, 0.2) is 5.13 Å². The van der Waals surface area contributed by atoms with Gasteiger partial charge in [0.2, 0.25) is 5.91 Å². The molecule has 0 atom stereocenters. The number of hydrogen-bond acceptors (Lipinski definition) is 7. The van der Waals surface area contributed by atoms with Crippen LogP contribution in [-0.2, 0) is 4.79 Å². The molecule has 1 aliphatic heterocycles. The van der Waals surface area contributed by atoms with Crippen LogP contribution >= 0.6 is 11.3 Å². The molecule has 25 heavy (non-hydrogen) atoms. The van der Waals surface area contributed by atoms with Gasteiger partial charge in [-0.15, -0.1) is 11.3 Å². The van der Waals surface area contributed by atoms with Crippen molar-refractivity contribution in [3.8, 4) is 0 Å². The first kappa shape index (κ1) is 17.8. The molecule has 1 fully saturated rings. The number of carbonyl (C=O) groups excluding carboxylic acids is 1. The van der Waals surface area contributed by atoms with Crippen molar-refractivity contribution >= 4 is 28.2 Å². The van der Waals surface area contributed by atoms with E-state index < -0.39 is 0 Å². The number of nitrogens with one attached hydrogen (secondary N) is 1. The van der Waals surface area contributed by atoms with E-state index in [-0.39, 0.29) is 5.91 Å². The average molecular weight is 360 g/mol. The van der Waals surface area contributed by atoms with Crippen LogP contribution < -0.4 is 10.2 Å². The van der Waals surface area contributed by atoms with Crippen LogP contribution in [0.25, 0.3) is 0 Å². The summed E-state index contributed by atoms with van der Waals surface area (Å²) in [5.74, 6) is 2.18. The summed E-state index contributed by atoms with van der Waals surface area (Å²) in [4.78, 5) is 29.8. The van der Waals surface area contributed by atoms with Gasteiger partial charge in [-0.1, -0.05) is 13.8 Å². The maximum absolute atomic E-state index is 12.1. The molecule has 0 spiro atoms. The van der Waals surface area contributed by atoms with Crippen LogP contribution in [0.5, 0.6) is 0 Å². The summed E-state index contributed by atoms with van der Waals surface area (Å²) in [6.45, 7) is 10.0. The topological polar surface area (TPSA) is 74.2 Å². The van der Waals surface area contributed by atoms with Crippen molar-refractivity contribution in [1.29, 1.82) is 0 Å². The lowest BCUT2D eigenvalue weighted by atomic mass is 10.2. The first-order valence-electron chi connectivity index (χ1n) is 8.53. The van der Waals surface area contributed by atoms with Crippen LogP contribution in [0, 0.1) is 6.92 Å². The second-order valence-corrected chi connectivity index (χ2v) is 7.42. The second-order valence-electron chi connectivity index (χ2n) is 6.53. The van der Waals surface area contributed by atoms with E-state index in [0.29, 0.717) is 17.6 Å². The molecule has 0 aliphatic carbocycles. The molecule has 0 bridgehead atoms. The predicted molar refractivity (Wildman–Crippen MR) is 100 cm³/mol. The zero-order valence-corrected chi connectivity index (χ0v) is 15.7. The Morgan fingerprint density at radius 1 is 1.28 bits per heavy atom. The molecule has 0 aromatic carbocycles. The van der Waals surface area contributed by atoms with E-state index in [2.05, 4.69) is 38.9 Å². The molecule has 1 aliphatic rings. The maximum atomic E-state index is 12.1. The molecule has 3 heterocycles. The number of carbonyl (C=O) groups is 1. The van der Waals surface area contributed by atoms with Crippen molar-refractivity contribution in [2.24, 2.45) is 0 Å². The molecule has 1 N–H and O–H groups in total. The fraction of sp³-hybridized carbons (Fsp3) is 0.529. The van der Waals surface area contributed by atoms with Crippen LogP contribution in [0.2, 0.25) is 0 Å². The molecule has 0 saturated carbocycles. The Labute approximate surface area is 152 Å². The van der Waals surface area contributed by atoms with Crippen molar-refractivity contribution in [2.75, 3.05) is 42.9 Å². The third kappa shape index (κ3) is 4.73. The highest BCUT2D eigenvalue weighted by molar-refractivity contribution is 7.13. The zero-order valence-electron chi connectivity index (χ0n) is 14.9. The van der Waals surface area contributed by atoms with Gasteiger partial charge in [0.05, 0.1) is 6.54 Å². The second kappa shape index (κ2) is 7.88. The van der Waals surface area contributed by atoms with Crippen LogP contribution in [-0.4, -0.2) is 58.5 Å². The number of rotatable bonds is 5. The monoisotopic (exact) mass is 360 g/mol. The van der Waals surface area contributed by atoms with Gasteiger partial charge in [0, 0.05) is 55.4 Å². The molecule has 0 radical (unpaired) electrons. The van der Waals surface area contributed by atoms with Gasteiger partial charge in [-0.3, -0.25) is 9.69 Å². The molecule has 7 nitrogen and oxygen atoms in total. The molecule has 0 unspecified atom stereocenters. The highest BCUT2D eigenvalue weighted by atomic mass is 32.1. The van der Waals surface area contributed by atoms with Gasteiger partial charge in [-0.2, -0.15) is 0 Å².